The molecular weight excluding hydrogens is 1000 g/mol. The molecule has 0 aromatic rings. The van der Waals surface area contributed by atoms with Gasteiger partial charge in [-0.2, -0.15) is 0 Å². The first-order valence-corrected chi connectivity index (χ1v) is 27.8. The summed E-state index contributed by atoms with van der Waals surface area (Å²) in [6.07, 6.45) is -23.4. The Morgan fingerprint density at radius 3 is 1.76 bits per heavy atom. The molecule has 0 radical (unpaired) electrons. The molecule has 5 saturated heterocycles. The van der Waals surface area contributed by atoms with E-state index in [-0.39, 0.29) is 46.0 Å². The minimum absolute atomic E-state index is 0.0242. The van der Waals surface area contributed by atoms with Crippen LogP contribution in [0.4, 0.5) is 0 Å². The van der Waals surface area contributed by atoms with Crippen molar-refractivity contribution >= 4 is 0 Å². The predicted octanol–water partition coefficient (Wildman–Crippen LogP) is -1.55. The molecule has 9 fully saturated rings. The van der Waals surface area contributed by atoms with E-state index >= 15 is 0 Å². The number of ether oxygens (including phenoxy) is 9. The van der Waals surface area contributed by atoms with Gasteiger partial charge in [-0.05, 0) is 93.3 Å². The number of hydrogen-bond acceptors (Lipinski definition) is 22. The molecule has 5 aliphatic carbocycles. The van der Waals surface area contributed by atoms with E-state index in [1.807, 2.05) is 6.92 Å². The fourth-order valence-corrected chi connectivity index (χ4v) is 17.2. The van der Waals surface area contributed by atoms with Gasteiger partial charge in [0.25, 0.3) is 0 Å². The summed E-state index contributed by atoms with van der Waals surface area (Å²) in [5.41, 5.74) is -2.77. The monoisotopic (exact) mass is 1090 g/mol. The number of allylic oxidation sites excluding steroid dienone is 1. The summed E-state index contributed by atoms with van der Waals surface area (Å²) in [6, 6.07) is 0. The fourth-order valence-electron chi connectivity index (χ4n) is 17.2. The average Bonchev–Trinajstić information content (AvgIpc) is 3.89. The molecule has 4 saturated carbocycles. The zero-order chi connectivity index (χ0) is 55.2. The van der Waals surface area contributed by atoms with Crippen molar-refractivity contribution < 1.29 is 109 Å². The van der Waals surface area contributed by atoms with Crippen molar-refractivity contribution in [2.75, 3.05) is 26.4 Å². The van der Waals surface area contributed by atoms with Crippen molar-refractivity contribution in [2.24, 2.45) is 50.2 Å². The molecular formula is C54H88O22. The van der Waals surface area contributed by atoms with Crippen molar-refractivity contribution in [3.05, 3.63) is 12.2 Å². The Morgan fingerprint density at radius 2 is 1.11 bits per heavy atom. The lowest BCUT2D eigenvalue weighted by Gasteiger charge is -2.73. The van der Waals surface area contributed by atoms with Gasteiger partial charge in [0, 0.05) is 22.2 Å². The molecule has 1 spiro atoms. The van der Waals surface area contributed by atoms with Crippen LogP contribution < -0.4 is 0 Å². The maximum atomic E-state index is 12.3. The van der Waals surface area contributed by atoms with Crippen LogP contribution in [-0.2, 0) is 42.6 Å². The van der Waals surface area contributed by atoms with E-state index in [4.69, 9.17) is 42.6 Å². The van der Waals surface area contributed by atoms with E-state index in [1.54, 1.807) is 0 Å². The van der Waals surface area contributed by atoms with Crippen LogP contribution in [0.5, 0.6) is 0 Å². The summed E-state index contributed by atoms with van der Waals surface area (Å²) >= 11 is 0. The van der Waals surface area contributed by atoms with E-state index < -0.39 is 165 Å². The first-order chi connectivity index (χ1) is 35.6. The number of aliphatic hydroxyl groups is 13. The van der Waals surface area contributed by atoms with Crippen molar-refractivity contribution in [1.29, 1.82) is 0 Å². The Hall–Kier alpha value is -1.14. The van der Waals surface area contributed by atoms with Crippen molar-refractivity contribution in [3.63, 3.8) is 0 Å². The van der Waals surface area contributed by atoms with Crippen LogP contribution in [-0.4, -0.2) is 233 Å². The van der Waals surface area contributed by atoms with E-state index in [0.29, 0.717) is 32.3 Å². The van der Waals surface area contributed by atoms with Gasteiger partial charge in [-0.25, -0.2) is 0 Å². The molecule has 13 N–H and O–H groups in total. The topological polar surface area (TPSA) is 346 Å². The van der Waals surface area contributed by atoms with Crippen LogP contribution in [0.1, 0.15) is 107 Å². The summed E-state index contributed by atoms with van der Waals surface area (Å²) in [6.45, 7) is 15.2. The van der Waals surface area contributed by atoms with Gasteiger partial charge in [0.15, 0.2) is 25.2 Å². The Balaban J connectivity index is 0.936. The maximum Gasteiger partial charge on any atom is 0.187 e. The molecule has 22 nitrogen and oxygen atoms in total. The summed E-state index contributed by atoms with van der Waals surface area (Å²) in [4.78, 5) is 0. The highest BCUT2D eigenvalue weighted by Crippen LogP contribution is 2.79. The Labute approximate surface area is 444 Å². The average molecular weight is 1090 g/mol. The van der Waals surface area contributed by atoms with E-state index in [2.05, 4.69) is 46.8 Å². The van der Waals surface area contributed by atoms with Crippen LogP contribution in [0, 0.1) is 50.2 Å². The molecule has 2 bridgehead atoms. The van der Waals surface area contributed by atoms with Crippen LogP contribution in [0.25, 0.3) is 0 Å². The SMILES string of the molecule is C[C@H]1O[C@@H](O[C@H]2[C@H](O)[C@@H](O)[C@H](O[C@H]3[C@@H](O)[C@@H](C)O[C@@H](O[C@H]4CC[C@@]5(C)[C@@H](CC[C@]6(C)[C@@H]5C=C[C@]57OC[C@@]8(CCC(C)(C)C[C@H]85)[C@@H](O)C[C@]76C)[C@]4(C)CO)[C@@H]3O[C@@H]3O[C@H](CO)[C@@H](O)[C@H](O)[C@H]3O)O[C@@H]2CO)[C@H](O)[C@H](O)[C@H]1O. The smallest absolute Gasteiger partial charge is 0.187 e. The summed E-state index contributed by atoms with van der Waals surface area (Å²) in [5, 5.41) is 144. The van der Waals surface area contributed by atoms with Gasteiger partial charge in [0.2, 0.25) is 0 Å². The Bertz CT molecular complexity index is 2100. The second-order valence-electron chi connectivity index (χ2n) is 26.6. The zero-order valence-corrected chi connectivity index (χ0v) is 45.1. The standard InChI is InChI=1S/C54H88O22/c1-23-32(59)35(62)38(65)44(69-23)74-41-26(20-56)72-46(40(67)37(41)64)75-42-33(60)24(2)70-47(43(42)76-45-39(66)36(63)34(61)25(19-55)71-45)73-31-11-12-49(5)27(50(31,6)21-57)9-13-51(7)28(49)10-14-54-29-17-48(3,4)15-16-53(29,22-68-54)30(58)18-52(51,54)8/h10,14,23-47,55-67H,9,11-13,15-22H2,1-8H3/t23-,24-,25-,26-,27-,28-,29-,30+,31+,32+,33+,34-,35-,36+,37-,38-,39-,40-,41-,42+,43-,44+,45+,46+,47+,49+,50+,51-,52+,53-,54+/m1/s1. The Morgan fingerprint density at radius 1 is 0.526 bits per heavy atom. The van der Waals surface area contributed by atoms with Crippen molar-refractivity contribution in [2.45, 2.75) is 247 Å². The number of rotatable bonds is 11. The molecule has 31 atom stereocenters. The summed E-state index contributed by atoms with van der Waals surface area (Å²) < 4.78 is 56.5. The summed E-state index contributed by atoms with van der Waals surface area (Å²) in [5.74, 6) is 0.0584. The van der Waals surface area contributed by atoms with Crippen LogP contribution in [0.3, 0.4) is 0 Å². The third-order valence-electron chi connectivity index (χ3n) is 22.1. The van der Waals surface area contributed by atoms with Gasteiger partial charge < -0.3 is 109 Å². The fraction of sp³-hybridized carbons (Fsp3) is 0.963. The molecule has 10 aliphatic rings. The maximum absolute atomic E-state index is 12.3. The van der Waals surface area contributed by atoms with Gasteiger partial charge >= 0.3 is 0 Å². The highest BCUT2D eigenvalue weighted by Gasteiger charge is 2.79. The van der Waals surface area contributed by atoms with E-state index in [9.17, 15) is 66.4 Å². The van der Waals surface area contributed by atoms with Crippen LogP contribution >= 0.6 is 0 Å². The molecule has 0 unspecified atom stereocenters. The van der Waals surface area contributed by atoms with Crippen LogP contribution in [0.2, 0.25) is 0 Å². The van der Waals surface area contributed by atoms with Gasteiger partial charge in [-0.15, -0.1) is 0 Å². The lowest BCUT2D eigenvalue weighted by molar-refractivity contribution is -0.403. The molecule has 0 aromatic heterocycles. The molecule has 5 aliphatic heterocycles. The number of hydrogen-bond donors (Lipinski definition) is 13. The summed E-state index contributed by atoms with van der Waals surface area (Å²) in [7, 11) is 0. The molecule has 0 amide bonds. The van der Waals surface area contributed by atoms with Crippen LogP contribution in [0.15, 0.2) is 12.2 Å². The molecule has 0 aromatic carbocycles. The quantitative estimate of drug-likeness (QED) is 0.0823. The second kappa shape index (κ2) is 20.3. The highest BCUT2D eigenvalue weighted by molar-refractivity contribution is 5.36. The highest BCUT2D eigenvalue weighted by atomic mass is 16.8. The lowest BCUT2D eigenvalue weighted by atomic mass is 9.32. The minimum Gasteiger partial charge on any atom is -0.396 e. The number of aliphatic hydroxyl groups excluding tert-OH is 13. The molecule has 10 rings (SSSR count). The van der Waals surface area contributed by atoms with Crippen molar-refractivity contribution in [1.82, 2.24) is 0 Å². The zero-order valence-electron chi connectivity index (χ0n) is 45.1. The third-order valence-corrected chi connectivity index (χ3v) is 22.1. The van der Waals surface area contributed by atoms with Gasteiger partial charge in [-0.1, -0.05) is 53.7 Å². The lowest BCUT2D eigenvalue weighted by Crippen LogP contribution is -2.72. The molecule has 5 heterocycles. The van der Waals surface area contributed by atoms with Gasteiger partial charge in [0.1, 0.15) is 85.5 Å². The van der Waals surface area contributed by atoms with Crippen molar-refractivity contribution in [3.8, 4) is 0 Å². The largest absolute Gasteiger partial charge is 0.396 e. The predicted molar refractivity (Wildman–Crippen MR) is 261 cm³/mol. The van der Waals surface area contributed by atoms with E-state index in [0.717, 1.165) is 25.7 Å². The number of fused-ring (bicyclic) bond motifs is 4. The van der Waals surface area contributed by atoms with Gasteiger partial charge in [-0.3, -0.25) is 0 Å². The first-order valence-electron chi connectivity index (χ1n) is 27.8. The molecule has 436 valence electrons. The minimum atomic E-state index is -2.01. The molecule has 76 heavy (non-hydrogen) atoms. The third kappa shape index (κ3) is 8.54. The first kappa shape index (κ1) is 58.1. The second-order valence-corrected chi connectivity index (χ2v) is 26.6. The Kier molecular flexibility index (Phi) is 15.5. The molecule has 22 heteroatoms. The van der Waals surface area contributed by atoms with E-state index in [1.165, 1.54) is 13.8 Å². The van der Waals surface area contributed by atoms with Gasteiger partial charge in [0.05, 0.1) is 56.4 Å². The normalized spacial score (nSPS) is 58.7.